The first-order chi connectivity index (χ1) is 14.6. The normalized spacial score (nSPS) is 13.9. The first kappa shape index (κ1) is 19.6. The molecule has 3 aromatic carbocycles. The van der Waals surface area contributed by atoms with Gasteiger partial charge in [-0.2, -0.15) is 0 Å². The summed E-state index contributed by atoms with van der Waals surface area (Å²) in [5, 5.41) is 2.89. The summed E-state index contributed by atoms with van der Waals surface area (Å²) in [6.07, 6.45) is 0.768. The van der Waals surface area contributed by atoms with Crippen molar-refractivity contribution in [2.75, 3.05) is 0 Å². The molecule has 0 bridgehead atoms. The Morgan fingerprint density at radius 3 is 1.97 bits per heavy atom. The summed E-state index contributed by atoms with van der Waals surface area (Å²) in [7, 11) is 0. The molecule has 1 aliphatic carbocycles. The third kappa shape index (κ3) is 4.46. The average molecular weight is 399 g/mol. The molecule has 1 fully saturated rings. The Morgan fingerprint density at radius 2 is 1.33 bits per heavy atom. The van der Waals surface area contributed by atoms with Crippen molar-refractivity contribution in [2.45, 2.75) is 25.0 Å². The lowest BCUT2D eigenvalue weighted by molar-refractivity contribution is -0.130. The molecule has 4 rings (SSSR count). The molecular weight excluding hydrogens is 378 g/mol. The SMILES string of the molecule is O=C(OC(C(=O)NC1CC1)c1ccccc1)c1ccccc1C(=O)c1ccccc1. The lowest BCUT2D eigenvalue weighted by Gasteiger charge is -2.19. The van der Waals surface area contributed by atoms with Crippen LogP contribution in [0, 0.1) is 0 Å². The molecule has 1 N–H and O–H groups in total. The Kier molecular flexibility index (Phi) is 5.70. The van der Waals surface area contributed by atoms with Crippen LogP contribution in [0.4, 0.5) is 0 Å². The van der Waals surface area contributed by atoms with Crippen molar-refractivity contribution in [3.05, 3.63) is 107 Å². The topological polar surface area (TPSA) is 72.5 Å². The second-order valence-electron chi connectivity index (χ2n) is 7.22. The summed E-state index contributed by atoms with van der Waals surface area (Å²) in [6.45, 7) is 0. The van der Waals surface area contributed by atoms with Crippen molar-refractivity contribution in [1.29, 1.82) is 0 Å². The van der Waals surface area contributed by atoms with Crippen LogP contribution in [0.25, 0.3) is 0 Å². The van der Waals surface area contributed by atoms with E-state index in [9.17, 15) is 14.4 Å². The maximum Gasteiger partial charge on any atom is 0.340 e. The van der Waals surface area contributed by atoms with Crippen LogP contribution in [0.3, 0.4) is 0 Å². The zero-order chi connectivity index (χ0) is 20.9. The van der Waals surface area contributed by atoms with E-state index < -0.39 is 12.1 Å². The van der Waals surface area contributed by atoms with Crippen LogP contribution in [0.1, 0.15) is 50.8 Å². The third-order valence-electron chi connectivity index (χ3n) is 4.92. The summed E-state index contributed by atoms with van der Waals surface area (Å²) in [5.74, 6) is -1.35. The van der Waals surface area contributed by atoms with E-state index in [4.69, 9.17) is 4.74 Å². The van der Waals surface area contributed by atoms with E-state index in [2.05, 4.69) is 5.32 Å². The number of ketones is 1. The standard InChI is InChI=1S/C25H21NO4/c27-22(17-9-3-1-4-10-17)20-13-7-8-14-21(20)25(29)30-23(18-11-5-2-6-12-18)24(28)26-19-15-16-19/h1-14,19,23H,15-16H2,(H,26,28). The Morgan fingerprint density at radius 1 is 0.767 bits per heavy atom. The zero-order valence-electron chi connectivity index (χ0n) is 16.3. The summed E-state index contributed by atoms with van der Waals surface area (Å²) in [6, 6.07) is 24.3. The number of carbonyl (C=O) groups is 3. The Bertz CT molecular complexity index is 1060. The van der Waals surface area contributed by atoms with Gasteiger partial charge >= 0.3 is 5.97 Å². The van der Waals surface area contributed by atoms with Crippen LogP contribution in [-0.4, -0.2) is 23.7 Å². The molecule has 30 heavy (non-hydrogen) atoms. The highest BCUT2D eigenvalue weighted by Crippen LogP contribution is 2.25. The minimum absolute atomic E-state index is 0.131. The molecule has 5 nitrogen and oxygen atoms in total. The third-order valence-corrected chi connectivity index (χ3v) is 4.92. The Labute approximate surface area is 174 Å². The van der Waals surface area contributed by atoms with Gasteiger partial charge in [0, 0.05) is 22.7 Å². The van der Waals surface area contributed by atoms with E-state index >= 15 is 0 Å². The quantitative estimate of drug-likeness (QED) is 0.480. The molecule has 0 spiro atoms. The second-order valence-corrected chi connectivity index (χ2v) is 7.22. The lowest BCUT2D eigenvalue weighted by Crippen LogP contribution is -2.33. The average Bonchev–Trinajstić information content (AvgIpc) is 3.62. The number of hydrogen-bond donors (Lipinski definition) is 1. The Hall–Kier alpha value is -3.73. The number of amides is 1. The monoisotopic (exact) mass is 399 g/mol. The molecule has 1 aliphatic rings. The molecular formula is C25H21NO4. The minimum Gasteiger partial charge on any atom is -0.444 e. The van der Waals surface area contributed by atoms with Crippen LogP contribution >= 0.6 is 0 Å². The first-order valence-corrected chi connectivity index (χ1v) is 9.88. The van der Waals surface area contributed by atoms with E-state index in [0.717, 1.165) is 12.8 Å². The van der Waals surface area contributed by atoms with Crippen LogP contribution in [-0.2, 0) is 9.53 Å². The zero-order valence-corrected chi connectivity index (χ0v) is 16.3. The molecule has 5 heteroatoms. The molecule has 1 atom stereocenters. The fourth-order valence-corrected chi connectivity index (χ4v) is 3.18. The molecule has 0 heterocycles. The van der Waals surface area contributed by atoms with Gasteiger partial charge in [-0.25, -0.2) is 4.79 Å². The molecule has 1 unspecified atom stereocenters. The summed E-state index contributed by atoms with van der Waals surface area (Å²) in [4.78, 5) is 38.7. The number of nitrogens with one attached hydrogen (secondary N) is 1. The minimum atomic E-state index is -1.08. The molecule has 0 radical (unpaired) electrons. The number of ether oxygens (including phenoxy) is 1. The molecule has 3 aromatic rings. The van der Waals surface area contributed by atoms with Gasteiger partial charge < -0.3 is 10.1 Å². The molecule has 0 saturated heterocycles. The van der Waals surface area contributed by atoms with Crippen LogP contribution in [0.2, 0.25) is 0 Å². The smallest absolute Gasteiger partial charge is 0.340 e. The highest BCUT2D eigenvalue weighted by Gasteiger charge is 2.31. The van der Waals surface area contributed by atoms with Crippen molar-refractivity contribution in [3.8, 4) is 0 Å². The van der Waals surface area contributed by atoms with Gasteiger partial charge in [0.2, 0.25) is 6.10 Å². The number of hydrogen-bond acceptors (Lipinski definition) is 4. The maximum atomic E-state index is 13.0. The first-order valence-electron chi connectivity index (χ1n) is 9.88. The largest absolute Gasteiger partial charge is 0.444 e. The fraction of sp³-hybridized carbons (Fsp3) is 0.160. The van der Waals surface area contributed by atoms with Crippen molar-refractivity contribution in [1.82, 2.24) is 5.32 Å². The predicted molar refractivity (Wildman–Crippen MR) is 112 cm³/mol. The number of rotatable bonds is 7. The van der Waals surface area contributed by atoms with Crippen molar-refractivity contribution < 1.29 is 19.1 Å². The molecule has 1 saturated carbocycles. The Balaban J connectivity index is 1.61. The fourth-order valence-electron chi connectivity index (χ4n) is 3.18. The van der Waals surface area contributed by atoms with Crippen LogP contribution < -0.4 is 5.32 Å². The van der Waals surface area contributed by atoms with Gasteiger partial charge in [-0.15, -0.1) is 0 Å². The molecule has 0 aromatic heterocycles. The summed E-state index contributed by atoms with van der Waals surface area (Å²) in [5.41, 5.74) is 1.43. The van der Waals surface area contributed by atoms with E-state index in [0.29, 0.717) is 11.1 Å². The summed E-state index contributed by atoms with van der Waals surface area (Å²) >= 11 is 0. The van der Waals surface area contributed by atoms with Gasteiger partial charge in [-0.1, -0.05) is 78.9 Å². The van der Waals surface area contributed by atoms with Crippen molar-refractivity contribution in [3.63, 3.8) is 0 Å². The van der Waals surface area contributed by atoms with Crippen molar-refractivity contribution in [2.24, 2.45) is 0 Å². The molecule has 1 amide bonds. The second kappa shape index (κ2) is 8.74. The predicted octanol–water partition coefficient (Wildman–Crippen LogP) is 4.09. The van der Waals surface area contributed by atoms with E-state index in [1.54, 1.807) is 72.8 Å². The lowest BCUT2D eigenvalue weighted by atomic mass is 9.98. The van der Waals surface area contributed by atoms with E-state index in [-0.39, 0.29) is 28.9 Å². The highest BCUT2D eigenvalue weighted by atomic mass is 16.5. The van der Waals surface area contributed by atoms with Gasteiger partial charge in [0.1, 0.15) is 0 Å². The van der Waals surface area contributed by atoms with Gasteiger partial charge in [-0.05, 0) is 18.9 Å². The number of esters is 1. The molecule has 0 aliphatic heterocycles. The van der Waals surface area contributed by atoms with Gasteiger partial charge in [-0.3, -0.25) is 9.59 Å². The maximum absolute atomic E-state index is 13.0. The number of benzene rings is 3. The van der Waals surface area contributed by atoms with Gasteiger partial charge in [0.25, 0.3) is 5.91 Å². The van der Waals surface area contributed by atoms with Gasteiger partial charge in [0.15, 0.2) is 5.78 Å². The highest BCUT2D eigenvalue weighted by molar-refractivity contribution is 6.14. The van der Waals surface area contributed by atoms with Crippen molar-refractivity contribution >= 4 is 17.7 Å². The molecule has 150 valence electrons. The van der Waals surface area contributed by atoms with E-state index in [1.807, 2.05) is 12.1 Å². The number of carbonyl (C=O) groups excluding carboxylic acids is 3. The van der Waals surface area contributed by atoms with E-state index in [1.165, 1.54) is 0 Å². The van der Waals surface area contributed by atoms with Crippen LogP contribution in [0.15, 0.2) is 84.9 Å². The van der Waals surface area contributed by atoms with Crippen LogP contribution in [0.5, 0.6) is 0 Å². The van der Waals surface area contributed by atoms with Gasteiger partial charge in [0.05, 0.1) is 5.56 Å². The summed E-state index contributed by atoms with van der Waals surface area (Å²) < 4.78 is 5.64.